The molecule has 0 fully saturated rings. The summed E-state index contributed by atoms with van der Waals surface area (Å²) in [6, 6.07) is 12.4. The summed E-state index contributed by atoms with van der Waals surface area (Å²) < 4.78 is 87.3. The lowest BCUT2D eigenvalue weighted by atomic mass is 10.0. The molecule has 2 aromatic carbocycles. The molecular weight excluding hydrogens is 428 g/mol. The molecule has 0 saturated heterocycles. The van der Waals surface area contributed by atoms with Crippen LogP contribution in [-0.2, 0) is 9.84 Å². The lowest BCUT2D eigenvalue weighted by Gasteiger charge is -2.13. The quantitative estimate of drug-likeness (QED) is 0.547. The number of ether oxygens (including phenoxy) is 2. The molecule has 0 aliphatic heterocycles. The van der Waals surface area contributed by atoms with Gasteiger partial charge in [0, 0.05) is 11.1 Å². The van der Waals surface area contributed by atoms with Gasteiger partial charge in [0.2, 0.25) is 5.16 Å². The highest BCUT2D eigenvalue weighted by atomic mass is 32.2. The number of H-pyrrole nitrogens is 1. The van der Waals surface area contributed by atoms with Crippen LogP contribution in [0, 0.1) is 0 Å². The van der Waals surface area contributed by atoms with E-state index in [-0.39, 0.29) is 11.4 Å². The number of aromatic amines is 1. The lowest BCUT2D eigenvalue weighted by molar-refractivity contribution is -0.0639. The summed E-state index contributed by atoms with van der Waals surface area (Å²) in [6.07, 6.45) is -4.42. The van der Waals surface area contributed by atoms with Gasteiger partial charge in [-0.3, -0.25) is 0 Å². The number of benzene rings is 2. The average molecular weight is 444 g/mol. The van der Waals surface area contributed by atoms with E-state index < -0.39 is 26.7 Å². The van der Waals surface area contributed by atoms with Gasteiger partial charge in [-0.25, -0.2) is 22.2 Å². The molecule has 160 valence electrons. The van der Waals surface area contributed by atoms with E-state index >= 15 is 0 Å². The molecule has 1 aromatic heterocycles. The Morgan fingerprint density at radius 2 is 1.37 bits per heavy atom. The Morgan fingerprint density at radius 3 is 1.80 bits per heavy atom. The monoisotopic (exact) mass is 444 g/mol. The average Bonchev–Trinajstić information content (AvgIpc) is 3.19. The number of aromatic nitrogens is 2. The van der Waals surface area contributed by atoms with Crippen molar-refractivity contribution in [3.63, 3.8) is 0 Å². The fraction of sp³-hybridized carbons (Fsp3) is 0.211. The number of sulfone groups is 1. The molecule has 11 heteroatoms. The zero-order valence-corrected chi connectivity index (χ0v) is 16.5. The van der Waals surface area contributed by atoms with Crippen molar-refractivity contribution in [2.24, 2.45) is 0 Å². The third-order valence-electron chi connectivity index (χ3n) is 4.29. The molecule has 30 heavy (non-hydrogen) atoms. The maximum Gasteiger partial charge on any atom is 0.411 e. The molecular formula is C19H16F4N2O4S. The summed E-state index contributed by atoms with van der Waals surface area (Å²) in [5, 5.41) is -6.57. The van der Waals surface area contributed by atoms with E-state index in [4.69, 9.17) is 9.47 Å². The van der Waals surface area contributed by atoms with Gasteiger partial charge in [0.25, 0.3) is 9.84 Å². The third kappa shape index (κ3) is 3.72. The van der Waals surface area contributed by atoms with Crippen molar-refractivity contribution < 1.29 is 35.5 Å². The molecule has 1 N–H and O–H groups in total. The van der Waals surface area contributed by atoms with Crippen LogP contribution < -0.4 is 9.47 Å². The second-order valence-corrected chi connectivity index (χ2v) is 8.03. The van der Waals surface area contributed by atoms with Crippen LogP contribution in [0.1, 0.15) is 0 Å². The summed E-state index contributed by atoms with van der Waals surface area (Å²) >= 11 is 0. The fourth-order valence-electron chi connectivity index (χ4n) is 2.65. The predicted molar refractivity (Wildman–Crippen MR) is 101 cm³/mol. The van der Waals surface area contributed by atoms with E-state index in [9.17, 15) is 26.0 Å². The van der Waals surface area contributed by atoms with Crippen molar-refractivity contribution in [1.82, 2.24) is 9.97 Å². The zero-order valence-electron chi connectivity index (χ0n) is 15.7. The van der Waals surface area contributed by atoms with Crippen molar-refractivity contribution >= 4 is 9.84 Å². The minimum atomic E-state index is -5.78. The Labute approximate surface area is 169 Å². The Bertz CT molecular complexity index is 1060. The molecule has 0 amide bonds. The number of imidazole rings is 1. The fourth-order valence-corrected chi connectivity index (χ4v) is 3.59. The zero-order chi connectivity index (χ0) is 22.1. The SMILES string of the molecule is COc1ccc(-c2nc(S(=O)(=O)C(F)(F)C(F)F)[nH]c2-c2ccc(OC)cc2)cc1. The number of halogens is 4. The van der Waals surface area contributed by atoms with E-state index in [1.54, 1.807) is 36.4 Å². The van der Waals surface area contributed by atoms with Crippen molar-refractivity contribution in [1.29, 1.82) is 0 Å². The van der Waals surface area contributed by atoms with Crippen LogP contribution in [0.25, 0.3) is 22.5 Å². The number of nitrogens with one attached hydrogen (secondary N) is 1. The summed E-state index contributed by atoms with van der Waals surface area (Å²) in [5.74, 6) is 0.999. The summed E-state index contributed by atoms with van der Waals surface area (Å²) in [7, 11) is -2.88. The maximum atomic E-state index is 13.7. The first-order valence-electron chi connectivity index (χ1n) is 8.41. The first-order chi connectivity index (χ1) is 14.1. The minimum Gasteiger partial charge on any atom is -0.497 e. The number of hydrogen-bond donors (Lipinski definition) is 1. The molecule has 0 aliphatic rings. The molecule has 0 saturated carbocycles. The summed E-state index contributed by atoms with van der Waals surface area (Å²) in [6.45, 7) is 0. The molecule has 0 spiro atoms. The van der Waals surface area contributed by atoms with Gasteiger partial charge in [-0.05, 0) is 48.5 Å². The lowest BCUT2D eigenvalue weighted by Crippen LogP contribution is -2.37. The van der Waals surface area contributed by atoms with Crippen LogP contribution in [0.5, 0.6) is 11.5 Å². The topological polar surface area (TPSA) is 81.3 Å². The molecule has 1 heterocycles. The number of rotatable bonds is 7. The molecule has 0 unspecified atom stereocenters. The molecule has 3 aromatic rings. The number of hydrogen-bond acceptors (Lipinski definition) is 5. The molecule has 3 rings (SSSR count). The summed E-state index contributed by atoms with van der Waals surface area (Å²) in [4.78, 5) is 6.03. The maximum absolute atomic E-state index is 13.7. The van der Waals surface area contributed by atoms with Gasteiger partial charge < -0.3 is 14.5 Å². The number of nitrogens with zero attached hydrogens (tertiary/aromatic N) is 1. The highest BCUT2D eigenvalue weighted by molar-refractivity contribution is 7.92. The van der Waals surface area contributed by atoms with Crippen LogP contribution in [-0.4, -0.2) is 44.3 Å². The second kappa shape index (κ2) is 7.98. The second-order valence-electron chi connectivity index (χ2n) is 6.09. The van der Waals surface area contributed by atoms with Crippen LogP contribution in [0.2, 0.25) is 0 Å². The molecule has 0 radical (unpaired) electrons. The van der Waals surface area contributed by atoms with Gasteiger partial charge in [0.1, 0.15) is 11.5 Å². The Morgan fingerprint density at radius 1 is 0.900 bits per heavy atom. The summed E-state index contributed by atoms with van der Waals surface area (Å²) in [5.41, 5.74) is 0.800. The Kier molecular flexibility index (Phi) is 5.75. The van der Waals surface area contributed by atoms with Gasteiger partial charge in [-0.15, -0.1) is 0 Å². The van der Waals surface area contributed by atoms with E-state index in [0.29, 0.717) is 22.6 Å². The van der Waals surface area contributed by atoms with Crippen molar-refractivity contribution in [3.05, 3.63) is 48.5 Å². The van der Waals surface area contributed by atoms with Crippen molar-refractivity contribution in [2.75, 3.05) is 14.2 Å². The molecule has 0 bridgehead atoms. The van der Waals surface area contributed by atoms with E-state index in [0.717, 1.165) is 0 Å². The molecule has 0 atom stereocenters. The van der Waals surface area contributed by atoms with Gasteiger partial charge in [-0.1, -0.05) is 0 Å². The van der Waals surface area contributed by atoms with Crippen LogP contribution >= 0.6 is 0 Å². The third-order valence-corrected chi connectivity index (χ3v) is 5.89. The number of alkyl halides is 4. The van der Waals surface area contributed by atoms with Crippen molar-refractivity contribution in [2.45, 2.75) is 16.8 Å². The van der Waals surface area contributed by atoms with Crippen LogP contribution in [0.3, 0.4) is 0 Å². The highest BCUT2D eigenvalue weighted by Crippen LogP contribution is 2.38. The first-order valence-corrected chi connectivity index (χ1v) is 9.89. The standard InChI is InChI=1S/C19H16F4N2O4S/c1-28-13-7-3-11(4-8-13)15-16(12-5-9-14(29-2)10-6-12)25-18(24-15)30(26,27)19(22,23)17(20)21/h3-10,17H,1-2H3,(H,24,25). The van der Waals surface area contributed by atoms with E-state index in [1.807, 2.05) is 0 Å². The largest absolute Gasteiger partial charge is 0.497 e. The normalized spacial score (nSPS) is 12.2. The van der Waals surface area contributed by atoms with Gasteiger partial charge >= 0.3 is 11.7 Å². The Hall–Kier alpha value is -3.08. The highest BCUT2D eigenvalue weighted by Gasteiger charge is 2.56. The van der Waals surface area contributed by atoms with Gasteiger partial charge in [-0.2, -0.15) is 8.78 Å². The van der Waals surface area contributed by atoms with E-state index in [1.165, 1.54) is 26.4 Å². The van der Waals surface area contributed by atoms with Gasteiger partial charge in [0.05, 0.1) is 25.6 Å². The Balaban J connectivity index is 2.20. The molecule has 0 aliphatic carbocycles. The minimum absolute atomic E-state index is 0.00791. The predicted octanol–water partition coefficient (Wildman–Crippen LogP) is 4.39. The first kappa shape index (κ1) is 21.6. The van der Waals surface area contributed by atoms with Crippen LogP contribution in [0.15, 0.2) is 53.7 Å². The van der Waals surface area contributed by atoms with Crippen LogP contribution in [0.4, 0.5) is 17.6 Å². The van der Waals surface area contributed by atoms with Gasteiger partial charge in [0.15, 0.2) is 0 Å². The van der Waals surface area contributed by atoms with E-state index in [2.05, 4.69) is 9.97 Å². The smallest absolute Gasteiger partial charge is 0.411 e. The number of methoxy groups -OCH3 is 2. The molecule has 6 nitrogen and oxygen atoms in total. The van der Waals surface area contributed by atoms with Crippen molar-refractivity contribution in [3.8, 4) is 34.0 Å².